The molecule has 0 spiro atoms. The zero-order valence-corrected chi connectivity index (χ0v) is 9.90. The predicted molar refractivity (Wildman–Crippen MR) is 59.1 cm³/mol. The first kappa shape index (κ1) is 11.5. The lowest BCUT2D eigenvalue weighted by molar-refractivity contribution is 0.103. The van der Waals surface area contributed by atoms with Gasteiger partial charge < -0.3 is 14.5 Å². The summed E-state index contributed by atoms with van der Waals surface area (Å²) in [6.45, 7) is 2.90. The van der Waals surface area contributed by atoms with E-state index in [-0.39, 0.29) is 6.04 Å². The highest BCUT2D eigenvalue weighted by molar-refractivity contribution is 4.88. The summed E-state index contributed by atoms with van der Waals surface area (Å²) in [6, 6.07) is 0.115. The number of aromatic nitrogens is 2. The van der Waals surface area contributed by atoms with Gasteiger partial charge >= 0.3 is 0 Å². The molecule has 1 N–H and O–H groups in total. The SMILES string of the molecule is CNC(C)c1nnc(CCC2CCCO2)o1. The largest absolute Gasteiger partial charge is 0.424 e. The third-order valence-electron chi connectivity index (χ3n) is 2.99. The van der Waals surface area contributed by atoms with Crippen molar-refractivity contribution in [3.63, 3.8) is 0 Å². The van der Waals surface area contributed by atoms with Crippen LogP contribution in [0.2, 0.25) is 0 Å². The minimum absolute atomic E-state index is 0.115. The fourth-order valence-electron chi connectivity index (χ4n) is 1.82. The number of hydrogen-bond donors (Lipinski definition) is 1. The number of nitrogens with zero attached hydrogens (tertiary/aromatic N) is 2. The Morgan fingerprint density at radius 1 is 1.50 bits per heavy atom. The third kappa shape index (κ3) is 2.80. The molecule has 2 atom stereocenters. The summed E-state index contributed by atoms with van der Waals surface area (Å²) in [6.07, 6.45) is 4.52. The quantitative estimate of drug-likeness (QED) is 0.822. The fourth-order valence-corrected chi connectivity index (χ4v) is 1.82. The molecule has 1 fully saturated rings. The molecule has 0 aromatic carbocycles. The zero-order chi connectivity index (χ0) is 11.4. The smallest absolute Gasteiger partial charge is 0.233 e. The van der Waals surface area contributed by atoms with Crippen molar-refractivity contribution in [2.24, 2.45) is 0 Å². The van der Waals surface area contributed by atoms with Gasteiger partial charge in [-0.3, -0.25) is 0 Å². The Kier molecular flexibility index (Phi) is 3.90. The second-order valence-electron chi connectivity index (χ2n) is 4.22. The first-order chi connectivity index (χ1) is 7.79. The Hall–Kier alpha value is -0.940. The molecule has 90 valence electrons. The second-order valence-corrected chi connectivity index (χ2v) is 4.22. The van der Waals surface area contributed by atoms with Gasteiger partial charge in [-0.05, 0) is 33.2 Å². The average molecular weight is 225 g/mol. The third-order valence-corrected chi connectivity index (χ3v) is 2.99. The lowest BCUT2D eigenvalue weighted by Crippen LogP contribution is -2.12. The van der Waals surface area contributed by atoms with Gasteiger partial charge in [0, 0.05) is 13.0 Å². The monoisotopic (exact) mass is 225 g/mol. The van der Waals surface area contributed by atoms with Gasteiger partial charge in [-0.1, -0.05) is 0 Å². The number of ether oxygens (including phenoxy) is 1. The maximum atomic E-state index is 5.56. The van der Waals surface area contributed by atoms with Crippen LogP contribution in [0, 0.1) is 0 Å². The molecule has 5 nitrogen and oxygen atoms in total. The Balaban J connectivity index is 1.82. The lowest BCUT2D eigenvalue weighted by Gasteiger charge is -2.06. The minimum atomic E-state index is 0.115. The van der Waals surface area contributed by atoms with Gasteiger partial charge in [0.15, 0.2) is 0 Å². The van der Waals surface area contributed by atoms with Crippen molar-refractivity contribution < 1.29 is 9.15 Å². The van der Waals surface area contributed by atoms with Gasteiger partial charge in [0.05, 0.1) is 12.1 Å². The summed E-state index contributed by atoms with van der Waals surface area (Å²) in [5.74, 6) is 1.37. The molecule has 1 aliphatic heterocycles. The lowest BCUT2D eigenvalue weighted by atomic mass is 10.1. The van der Waals surface area contributed by atoms with E-state index in [0.29, 0.717) is 17.9 Å². The topological polar surface area (TPSA) is 60.2 Å². The van der Waals surface area contributed by atoms with Gasteiger partial charge in [0.2, 0.25) is 11.8 Å². The molecule has 0 radical (unpaired) electrons. The van der Waals surface area contributed by atoms with Crippen molar-refractivity contribution in [2.75, 3.05) is 13.7 Å². The van der Waals surface area contributed by atoms with Gasteiger partial charge in [0.25, 0.3) is 0 Å². The zero-order valence-electron chi connectivity index (χ0n) is 9.90. The van der Waals surface area contributed by atoms with Gasteiger partial charge in [-0.25, -0.2) is 0 Å². The Bertz CT molecular complexity index is 321. The van der Waals surface area contributed by atoms with E-state index in [9.17, 15) is 0 Å². The van der Waals surface area contributed by atoms with Crippen molar-refractivity contribution >= 4 is 0 Å². The molecule has 16 heavy (non-hydrogen) atoms. The van der Waals surface area contributed by atoms with E-state index in [1.807, 2.05) is 14.0 Å². The van der Waals surface area contributed by atoms with Crippen LogP contribution < -0.4 is 5.32 Å². The Labute approximate surface area is 95.6 Å². The minimum Gasteiger partial charge on any atom is -0.424 e. The molecule has 2 heterocycles. The molecule has 2 rings (SSSR count). The molecular formula is C11H19N3O2. The van der Waals surface area contributed by atoms with Crippen molar-refractivity contribution in [2.45, 2.75) is 44.8 Å². The summed E-state index contributed by atoms with van der Waals surface area (Å²) >= 11 is 0. The molecular weight excluding hydrogens is 206 g/mol. The standard InChI is InChI=1S/C11H19N3O2/c1-8(12-2)11-14-13-10(16-11)6-5-9-4-3-7-15-9/h8-9,12H,3-7H2,1-2H3. The highest BCUT2D eigenvalue weighted by Gasteiger charge is 2.17. The van der Waals surface area contributed by atoms with Crippen LogP contribution in [-0.2, 0) is 11.2 Å². The van der Waals surface area contributed by atoms with Crippen LogP contribution in [0.25, 0.3) is 0 Å². The number of hydrogen-bond acceptors (Lipinski definition) is 5. The molecule has 1 aromatic rings. The second kappa shape index (κ2) is 5.41. The van der Waals surface area contributed by atoms with Gasteiger partial charge in [-0.2, -0.15) is 0 Å². The summed E-state index contributed by atoms with van der Waals surface area (Å²) in [7, 11) is 1.88. The van der Waals surface area contributed by atoms with E-state index in [0.717, 1.165) is 25.9 Å². The van der Waals surface area contributed by atoms with E-state index in [2.05, 4.69) is 15.5 Å². The van der Waals surface area contributed by atoms with Crippen molar-refractivity contribution in [3.05, 3.63) is 11.8 Å². The van der Waals surface area contributed by atoms with Crippen molar-refractivity contribution in [1.82, 2.24) is 15.5 Å². The molecule has 1 aliphatic rings. The fraction of sp³-hybridized carbons (Fsp3) is 0.818. The molecule has 1 saturated heterocycles. The van der Waals surface area contributed by atoms with Crippen LogP contribution in [-0.4, -0.2) is 30.0 Å². The highest BCUT2D eigenvalue weighted by Crippen LogP contribution is 2.18. The van der Waals surface area contributed by atoms with E-state index < -0.39 is 0 Å². The van der Waals surface area contributed by atoms with Crippen molar-refractivity contribution in [1.29, 1.82) is 0 Å². The summed E-state index contributed by atoms with van der Waals surface area (Å²) in [4.78, 5) is 0. The first-order valence-corrected chi connectivity index (χ1v) is 5.90. The normalized spacial score (nSPS) is 22.5. The predicted octanol–water partition coefficient (Wildman–Crippen LogP) is 1.46. The molecule has 0 bridgehead atoms. The number of aryl methyl sites for hydroxylation is 1. The van der Waals surface area contributed by atoms with E-state index in [4.69, 9.17) is 9.15 Å². The average Bonchev–Trinajstić information content (AvgIpc) is 2.96. The maximum Gasteiger partial charge on any atom is 0.233 e. The number of rotatable bonds is 5. The van der Waals surface area contributed by atoms with Crippen LogP contribution in [0.5, 0.6) is 0 Å². The van der Waals surface area contributed by atoms with Crippen LogP contribution in [0.1, 0.15) is 44.0 Å². The van der Waals surface area contributed by atoms with E-state index in [1.54, 1.807) is 0 Å². The van der Waals surface area contributed by atoms with E-state index >= 15 is 0 Å². The maximum absolute atomic E-state index is 5.56. The van der Waals surface area contributed by atoms with Crippen molar-refractivity contribution in [3.8, 4) is 0 Å². The molecule has 0 amide bonds. The summed E-state index contributed by atoms with van der Waals surface area (Å²) in [5.41, 5.74) is 0. The summed E-state index contributed by atoms with van der Waals surface area (Å²) in [5, 5.41) is 11.1. The summed E-state index contributed by atoms with van der Waals surface area (Å²) < 4.78 is 11.1. The molecule has 0 saturated carbocycles. The molecule has 2 unspecified atom stereocenters. The van der Waals surface area contributed by atoms with Gasteiger partial charge in [0.1, 0.15) is 0 Å². The van der Waals surface area contributed by atoms with Crippen LogP contribution in [0.15, 0.2) is 4.42 Å². The molecule has 5 heteroatoms. The van der Waals surface area contributed by atoms with Crippen LogP contribution in [0.3, 0.4) is 0 Å². The van der Waals surface area contributed by atoms with Crippen LogP contribution >= 0.6 is 0 Å². The Morgan fingerprint density at radius 2 is 2.38 bits per heavy atom. The first-order valence-electron chi connectivity index (χ1n) is 5.90. The molecule has 1 aromatic heterocycles. The Morgan fingerprint density at radius 3 is 3.06 bits per heavy atom. The molecule has 0 aliphatic carbocycles. The highest BCUT2D eigenvalue weighted by atomic mass is 16.5. The van der Waals surface area contributed by atoms with Gasteiger partial charge in [-0.15, -0.1) is 10.2 Å². The number of nitrogens with one attached hydrogen (secondary N) is 1. The van der Waals surface area contributed by atoms with E-state index in [1.165, 1.54) is 6.42 Å². The van der Waals surface area contributed by atoms with Crippen LogP contribution in [0.4, 0.5) is 0 Å².